The lowest BCUT2D eigenvalue weighted by Gasteiger charge is -2.06. The maximum Gasteiger partial charge on any atom is 0.0672 e. The van der Waals surface area contributed by atoms with Gasteiger partial charge in [-0.1, -0.05) is 12.2 Å². The van der Waals surface area contributed by atoms with Crippen LogP contribution in [0.1, 0.15) is 6.92 Å². The Morgan fingerprint density at radius 2 is 2.40 bits per heavy atom. The molecule has 1 aromatic heterocycles. The minimum atomic E-state index is 0.654. The molecule has 0 saturated carbocycles. The summed E-state index contributed by atoms with van der Waals surface area (Å²) in [5.41, 5.74) is 1.06. The molecule has 15 heavy (non-hydrogen) atoms. The highest BCUT2D eigenvalue weighted by atomic mass is 16.5. The SMILES string of the molecule is C=C(C)COCCNCCn1cccn1. The molecule has 4 heteroatoms. The van der Waals surface area contributed by atoms with E-state index in [-0.39, 0.29) is 0 Å². The molecule has 0 fully saturated rings. The summed E-state index contributed by atoms with van der Waals surface area (Å²) in [5.74, 6) is 0. The standard InChI is InChI=1S/C11H19N3O/c1-11(2)10-15-9-6-12-5-8-14-7-3-4-13-14/h3-4,7,12H,1,5-6,8-10H2,2H3. The van der Waals surface area contributed by atoms with Crippen molar-refractivity contribution in [1.29, 1.82) is 0 Å². The molecule has 4 nitrogen and oxygen atoms in total. The van der Waals surface area contributed by atoms with Gasteiger partial charge in [-0.15, -0.1) is 0 Å². The van der Waals surface area contributed by atoms with Crippen LogP contribution in [0.4, 0.5) is 0 Å². The van der Waals surface area contributed by atoms with Crippen molar-refractivity contribution in [2.75, 3.05) is 26.3 Å². The van der Waals surface area contributed by atoms with E-state index in [0.717, 1.165) is 31.8 Å². The molecule has 0 amide bonds. The number of nitrogens with zero attached hydrogens (tertiary/aromatic N) is 2. The summed E-state index contributed by atoms with van der Waals surface area (Å²) in [5, 5.41) is 7.39. The molecule has 0 atom stereocenters. The first-order valence-electron chi connectivity index (χ1n) is 5.19. The minimum Gasteiger partial charge on any atom is -0.376 e. The largest absolute Gasteiger partial charge is 0.376 e. The second kappa shape index (κ2) is 7.20. The van der Waals surface area contributed by atoms with Crippen molar-refractivity contribution in [2.45, 2.75) is 13.5 Å². The Bertz CT molecular complexity index is 269. The number of nitrogens with one attached hydrogen (secondary N) is 1. The quantitative estimate of drug-likeness (QED) is 0.514. The summed E-state index contributed by atoms with van der Waals surface area (Å²) in [6, 6.07) is 1.93. The topological polar surface area (TPSA) is 39.1 Å². The van der Waals surface area contributed by atoms with Gasteiger partial charge in [0.2, 0.25) is 0 Å². The lowest BCUT2D eigenvalue weighted by molar-refractivity contribution is 0.158. The molecular weight excluding hydrogens is 190 g/mol. The Morgan fingerprint density at radius 3 is 3.07 bits per heavy atom. The fraction of sp³-hybridized carbons (Fsp3) is 0.545. The smallest absolute Gasteiger partial charge is 0.0672 e. The Kier molecular flexibility index (Phi) is 5.73. The lowest BCUT2D eigenvalue weighted by atomic mass is 10.4. The number of rotatable bonds is 8. The summed E-state index contributed by atoms with van der Waals surface area (Å²) in [7, 11) is 0. The minimum absolute atomic E-state index is 0.654. The maximum atomic E-state index is 5.35. The van der Waals surface area contributed by atoms with Crippen molar-refractivity contribution < 1.29 is 4.74 Å². The van der Waals surface area contributed by atoms with Gasteiger partial charge in [0.1, 0.15) is 0 Å². The van der Waals surface area contributed by atoms with Crippen LogP contribution in [-0.4, -0.2) is 36.1 Å². The summed E-state index contributed by atoms with van der Waals surface area (Å²) in [6.45, 7) is 9.79. The molecule has 0 aliphatic rings. The van der Waals surface area contributed by atoms with Crippen molar-refractivity contribution in [1.82, 2.24) is 15.1 Å². The summed E-state index contributed by atoms with van der Waals surface area (Å²) < 4.78 is 7.25. The predicted octanol–water partition coefficient (Wildman–Crippen LogP) is 1.07. The van der Waals surface area contributed by atoms with Crippen LogP contribution in [0.3, 0.4) is 0 Å². The molecule has 0 bridgehead atoms. The van der Waals surface area contributed by atoms with E-state index in [4.69, 9.17) is 4.74 Å². The van der Waals surface area contributed by atoms with Gasteiger partial charge in [-0.05, 0) is 13.0 Å². The van der Waals surface area contributed by atoms with Crippen molar-refractivity contribution in [2.24, 2.45) is 0 Å². The van der Waals surface area contributed by atoms with Gasteiger partial charge >= 0.3 is 0 Å². The molecule has 1 N–H and O–H groups in total. The zero-order chi connectivity index (χ0) is 10.9. The fourth-order valence-corrected chi connectivity index (χ4v) is 1.14. The van der Waals surface area contributed by atoms with Gasteiger partial charge in [0.15, 0.2) is 0 Å². The molecule has 0 aromatic carbocycles. The van der Waals surface area contributed by atoms with Crippen LogP contribution >= 0.6 is 0 Å². The molecule has 84 valence electrons. The highest BCUT2D eigenvalue weighted by molar-refractivity contribution is 4.87. The molecule has 0 radical (unpaired) electrons. The molecule has 1 rings (SSSR count). The second-order valence-electron chi connectivity index (χ2n) is 3.53. The average molecular weight is 209 g/mol. The second-order valence-corrected chi connectivity index (χ2v) is 3.53. The van der Waals surface area contributed by atoms with Gasteiger partial charge in [-0.2, -0.15) is 5.10 Å². The van der Waals surface area contributed by atoms with E-state index in [0.29, 0.717) is 6.61 Å². The van der Waals surface area contributed by atoms with E-state index in [1.165, 1.54) is 0 Å². The third kappa shape index (κ3) is 6.04. The van der Waals surface area contributed by atoms with E-state index >= 15 is 0 Å². The number of ether oxygens (including phenoxy) is 1. The first kappa shape index (κ1) is 11.9. The van der Waals surface area contributed by atoms with Gasteiger partial charge in [0.05, 0.1) is 19.8 Å². The van der Waals surface area contributed by atoms with E-state index in [9.17, 15) is 0 Å². The van der Waals surface area contributed by atoms with Crippen molar-refractivity contribution in [3.63, 3.8) is 0 Å². The summed E-state index contributed by atoms with van der Waals surface area (Å²) in [6.07, 6.45) is 3.75. The zero-order valence-corrected chi connectivity index (χ0v) is 9.28. The van der Waals surface area contributed by atoms with Gasteiger partial charge < -0.3 is 10.1 Å². The summed E-state index contributed by atoms with van der Waals surface area (Å²) >= 11 is 0. The van der Waals surface area contributed by atoms with Crippen LogP contribution in [0.25, 0.3) is 0 Å². The van der Waals surface area contributed by atoms with Gasteiger partial charge in [0.25, 0.3) is 0 Å². The highest BCUT2D eigenvalue weighted by Gasteiger charge is 1.91. The van der Waals surface area contributed by atoms with E-state index < -0.39 is 0 Å². The first-order valence-corrected chi connectivity index (χ1v) is 5.19. The van der Waals surface area contributed by atoms with Crippen LogP contribution in [0.15, 0.2) is 30.6 Å². The Hall–Kier alpha value is -1.13. The molecule has 1 heterocycles. The van der Waals surface area contributed by atoms with Crippen molar-refractivity contribution in [3.8, 4) is 0 Å². The lowest BCUT2D eigenvalue weighted by Crippen LogP contribution is -2.24. The highest BCUT2D eigenvalue weighted by Crippen LogP contribution is 1.86. The van der Waals surface area contributed by atoms with Crippen molar-refractivity contribution >= 4 is 0 Å². The molecule has 0 saturated heterocycles. The van der Waals surface area contributed by atoms with Crippen LogP contribution in [0.5, 0.6) is 0 Å². The van der Waals surface area contributed by atoms with Crippen molar-refractivity contribution in [3.05, 3.63) is 30.6 Å². The molecular formula is C11H19N3O. The molecule has 0 aliphatic carbocycles. The monoisotopic (exact) mass is 209 g/mol. The van der Waals surface area contributed by atoms with E-state index in [1.807, 2.05) is 23.9 Å². The molecule has 0 spiro atoms. The Balaban J connectivity index is 1.87. The van der Waals surface area contributed by atoms with E-state index in [2.05, 4.69) is 17.0 Å². The summed E-state index contributed by atoms with van der Waals surface area (Å²) in [4.78, 5) is 0. The Morgan fingerprint density at radius 1 is 1.53 bits per heavy atom. The Labute approximate surface area is 90.9 Å². The maximum absolute atomic E-state index is 5.35. The number of hydrogen-bond donors (Lipinski definition) is 1. The zero-order valence-electron chi connectivity index (χ0n) is 9.28. The van der Waals surface area contributed by atoms with Gasteiger partial charge in [-0.25, -0.2) is 0 Å². The molecule has 0 unspecified atom stereocenters. The van der Waals surface area contributed by atoms with Gasteiger partial charge in [0, 0.05) is 25.5 Å². The third-order valence-electron chi connectivity index (χ3n) is 1.85. The number of aromatic nitrogens is 2. The predicted molar refractivity (Wildman–Crippen MR) is 60.7 cm³/mol. The van der Waals surface area contributed by atoms with Crippen LogP contribution in [0.2, 0.25) is 0 Å². The van der Waals surface area contributed by atoms with Gasteiger partial charge in [-0.3, -0.25) is 4.68 Å². The number of hydrogen-bond acceptors (Lipinski definition) is 3. The fourth-order valence-electron chi connectivity index (χ4n) is 1.14. The molecule has 1 aromatic rings. The van der Waals surface area contributed by atoms with Crippen LogP contribution < -0.4 is 5.32 Å². The van der Waals surface area contributed by atoms with Crippen LogP contribution in [0, 0.1) is 0 Å². The third-order valence-corrected chi connectivity index (χ3v) is 1.85. The van der Waals surface area contributed by atoms with E-state index in [1.54, 1.807) is 6.20 Å². The van der Waals surface area contributed by atoms with Crippen LogP contribution in [-0.2, 0) is 11.3 Å². The molecule has 0 aliphatic heterocycles. The normalized spacial score (nSPS) is 10.5. The average Bonchev–Trinajstić information content (AvgIpc) is 2.68. The first-order chi connectivity index (χ1) is 7.29.